The van der Waals surface area contributed by atoms with Gasteiger partial charge in [-0.05, 0) is 19.1 Å². The first-order valence-electron chi connectivity index (χ1n) is 2.52. The van der Waals surface area contributed by atoms with Crippen molar-refractivity contribution >= 4 is 0 Å². The van der Waals surface area contributed by atoms with Crippen LogP contribution < -0.4 is 5.73 Å². The van der Waals surface area contributed by atoms with Crippen molar-refractivity contribution in [2.24, 2.45) is 5.73 Å². The maximum absolute atomic E-state index is 5.40. The van der Waals surface area contributed by atoms with E-state index in [1.54, 1.807) is 12.2 Å². The lowest BCUT2D eigenvalue weighted by Gasteiger charge is -1.84. The Hall–Kier alpha value is -0.980. The summed E-state index contributed by atoms with van der Waals surface area (Å²) in [7, 11) is 0. The average Bonchev–Trinajstić information content (AvgIpc) is 1.68. The maximum Gasteiger partial charge on any atom is 0.0310 e. The molecule has 0 atom stereocenters. The van der Waals surface area contributed by atoms with Gasteiger partial charge in [0, 0.05) is 5.70 Å². The molecular formula is C7H11N. The standard InChI is InChI=1S/C7H11N/c1-3-5-7(8)6-4-2/h3-6H,1,8H2,2H3/b6-4?,7-5+. The zero-order valence-corrected chi connectivity index (χ0v) is 5.09. The summed E-state index contributed by atoms with van der Waals surface area (Å²) in [5.41, 5.74) is 6.14. The van der Waals surface area contributed by atoms with Crippen LogP contribution in [0, 0.1) is 0 Å². The molecule has 1 heteroatoms. The average molecular weight is 109 g/mol. The van der Waals surface area contributed by atoms with Crippen molar-refractivity contribution in [3.8, 4) is 0 Å². The molecule has 2 N–H and O–H groups in total. The molecule has 0 aromatic carbocycles. The molecule has 0 saturated carbocycles. The summed E-state index contributed by atoms with van der Waals surface area (Å²) >= 11 is 0. The summed E-state index contributed by atoms with van der Waals surface area (Å²) in [6, 6.07) is 0. The molecule has 0 heterocycles. The molecule has 0 aromatic heterocycles. The molecule has 0 aromatic rings. The lowest BCUT2D eigenvalue weighted by atomic mass is 10.4. The van der Waals surface area contributed by atoms with Crippen molar-refractivity contribution in [1.82, 2.24) is 0 Å². The second-order valence-electron chi connectivity index (χ2n) is 1.40. The molecule has 0 aliphatic heterocycles. The van der Waals surface area contributed by atoms with Gasteiger partial charge in [-0.1, -0.05) is 18.7 Å². The van der Waals surface area contributed by atoms with Crippen LogP contribution in [-0.2, 0) is 0 Å². The third-order valence-corrected chi connectivity index (χ3v) is 0.669. The SMILES string of the molecule is C=C/C=C(/N)C=CC. The van der Waals surface area contributed by atoms with Crippen molar-refractivity contribution in [2.45, 2.75) is 6.92 Å². The summed E-state index contributed by atoms with van der Waals surface area (Å²) in [6.07, 6.45) is 7.12. The van der Waals surface area contributed by atoms with E-state index in [1.165, 1.54) is 0 Å². The molecule has 0 aliphatic carbocycles. The van der Waals surface area contributed by atoms with Gasteiger partial charge in [0.05, 0.1) is 0 Å². The Labute approximate surface area is 50.2 Å². The Kier molecular flexibility index (Phi) is 3.67. The molecule has 0 saturated heterocycles. The van der Waals surface area contributed by atoms with Crippen molar-refractivity contribution in [1.29, 1.82) is 0 Å². The first-order chi connectivity index (χ1) is 3.81. The Morgan fingerprint density at radius 3 is 2.62 bits per heavy atom. The number of hydrogen-bond acceptors (Lipinski definition) is 1. The highest BCUT2D eigenvalue weighted by molar-refractivity contribution is 5.18. The van der Waals surface area contributed by atoms with Gasteiger partial charge in [-0.25, -0.2) is 0 Å². The Bertz CT molecular complexity index is 120. The lowest BCUT2D eigenvalue weighted by Crippen LogP contribution is -1.90. The van der Waals surface area contributed by atoms with Gasteiger partial charge in [-0.2, -0.15) is 0 Å². The van der Waals surface area contributed by atoms with Gasteiger partial charge in [0.1, 0.15) is 0 Å². The molecule has 0 bridgehead atoms. The van der Waals surface area contributed by atoms with E-state index in [-0.39, 0.29) is 0 Å². The number of allylic oxidation sites excluding steroid dienone is 4. The minimum atomic E-state index is 0.738. The van der Waals surface area contributed by atoms with E-state index < -0.39 is 0 Å². The van der Waals surface area contributed by atoms with Crippen molar-refractivity contribution in [2.75, 3.05) is 0 Å². The van der Waals surface area contributed by atoms with E-state index in [0.717, 1.165) is 5.70 Å². The normalized spacial score (nSPS) is 12.4. The van der Waals surface area contributed by atoms with Gasteiger partial charge in [0.15, 0.2) is 0 Å². The Morgan fingerprint density at radius 2 is 2.25 bits per heavy atom. The van der Waals surface area contributed by atoms with Gasteiger partial charge < -0.3 is 5.73 Å². The van der Waals surface area contributed by atoms with E-state index in [9.17, 15) is 0 Å². The third kappa shape index (κ3) is 3.22. The predicted molar refractivity (Wildman–Crippen MR) is 37.3 cm³/mol. The fourth-order valence-corrected chi connectivity index (χ4v) is 0.384. The van der Waals surface area contributed by atoms with E-state index in [4.69, 9.17) is 5.73 Å². The van der Waals surface area contributed by atoms with Gasteiger partial charge in [-0.15, -0.1) is 0 Å². The molecule has 8 heavy (non-hydrogen) atoms. The Morgan fingerprint density at radius 1 is 1.62 bits per heavy atom. The number of rotatable bonds is 2. The quantitative estimate of drug-likeness (QED) is 0.535. The van der Waals surface area contributed by atoms with Gasteiger partial charge >= 0.3 is 0 Å². The fraction of sp³-hybridized carbons (Fsp3) is 0.143. The maximum atomic E-state index is 5.40. The molecule has 0 unspecified atom stereocenters. The molecule has 0 fully saturated rings. The molecule has 1 nitrogen and oxygen atoms in total. The molecule has 0 aliphatic rings. The largest absolute Gasteiger partial charge is 0.399 e. The second kappa shape index (κ2) is 4.19. The fourth-order valence-electron chi connectivity index (χ4n) is 0.384. The smallest absolute Gasteiger partial charge is 0.0310 e. The van der Waals surface area contributed by atoms with Crippen LogP contribution in [0.3, 0.4) is 0 Å². The molecule has 0 amide bonds. The predicted octanol–water partition coefficient (Wildman–Crippen LogP) is 1.59. The van der Waals surface area contributed by atoms with Crippen LogP contribution in [0.25, 0.3) is 0 Å². The van der Waals surface area contributed by atoms with E-state index >= 15 is 0 Å². The zero-order chi connectivity index (χ0) is 6.41. The van der Waals surface area contributed by atoms with Crippen LogP contribution in [0.5, 0.6) is 0 Å². The van der Waals surface area contributed by atoms with Gasteiger partial charge in [-0.3, -0.25) is 0 Å². The summed E-state index contributed by atoms with van der Waals surface area (Å²) in [5, 5.41) is 0. The highest BCUT2D eigenvalue weighted by Crippen LogP contribution is 1.84. The highest BCUT2D eigenvalue weighted by Gasteiger charge is 1.71. The Balaban J connectivity index is 3.79. The van der Waals surface area contributed by atoms with Gasteiger partial charge in [0.25, 0.3) is 0 Å². The summed E-state index contributed by atoms with van der Waals surface area (Å²) in [6.45, 7) is 5.41. The number of nitrogens with two attached hydrogens (primary N) is 1. The van der Waals surface area contributed by atoms with Crippen LogP contribution in [0.1, 0.15) is 6.92 Å². The van der Waals surface area contributed by atoms with E-state index in [0.29, 0.717) is 0 Å². The van der Waals surface area contributed by atoms with Crippen molar-refractivity contribution in [3.05, 3.63) is 36.6 Å². The van der Waals surface area contributed by atoms with Crippen LogP contribution in [0.2, 0.25) is 0 Å². The van der Waals surface area contributed by atoms with Crippen LogP contribution >= 0.6 is 0 Å². The minimum Gasteiger partial charge on any atom is -0.399 e. The number of hydrogen-bond donors (Lipinski definition) is 1. The van der Waals surface area contributed by atoms with Crippen molar-refractivity contribution in [3.63, 3.8) is 0 Å². The monoisotopic (exact) mass is 109 g/mol. The zero-order valence-electron chi connectivity index (χ0n) is 5.09. The van der Waals surface area contributed by atoms with Gasteiger partial charge in [0.2, 0.25) is 0 Å². The minimum absolute atomic E-state index is 0.738. The highest BCUT2D eigenvalue weighted by atomic mass is 14.5. The lowest BCUT2D eigenvalue weighted by molar-refractivity contribution is 1.42. The first kappa shape index (κ1) is 7.02. The van der Waals surface area contributed by atoms with E-state index in [1.807, 2.05) is 19.1 Å². The summed E-state index contributed by atoms with van der Waals surface area (Å²) in [4.78, 5) is 0. The molecule has 0 radical (unpaired) electrons. The van der Waals surface area contributed by atoms with Crippen molar-refractivity contribution < 1.29 is 0 Å². The molecule has 0 spiro atoms. The molecular weight excluding hydrogens is 98.1 g/mol. The molecule has 0 rings (SSSR count). The van der Waals surface area contributed by atoms with Crippen LogP contribution in [0.15, 0.2) is 36.6 Å². The first-order valence-corrected chi connectivity index (χ1v) is 2.52. The van der Waals surface area contributed by atoms with E-state index in [2.05, 4.69) is 6.58 Å². The summed E-state index contributed by atoms with van der Waals surface area (Å²) < 4.78 is 0. The molecule has 44 valence electrons. The van der Waals surface area contributed by atoms with Crippen LogP contribution in [-0.4, -0.2) is 0 Å². The second-order valence-corrected chi connectivity index (χ2v) is 1.40. The topological polar surface area (TPSA) is 26.0 Å². The van der Waals surface area contributed by atoms with Crippen LogP contribution in [0.4, 0.5) is 0 Å². The summed E-state index contributed by atoms with van der Waals surface area (Å²) in [5.74, 6) is 0. The third-order valence-electron chi connectivity index (χ3n) is 0.669.